The van der Waals surface area contributed by atoms with Gasteiger partial charge in [-0.3, -0.25) is 9.48 Å². The summed E-state index contributed by atoms with van der Waals surface area (Å²) in [7, 11) is 1.52. The lowest BCUT2D eigenvalue weighted by Gasteiger charge is -2.23. The summed E-state index contributed by atoms with van der Waals surface area (Å²) in [5.41, 5.74) is 0.632. The average molecular weight is 416 g/mol. The lowest BCUT2D eigenvalue weighted by Crippen LogP contribution is -2.34. The molecule has 158 valence electrons. The van der Waals surface area contributed by atoms with E-state index in [2.05, 4.69) is 31.1 Å². The van der Waals surface area contributed by atoms with E-state index in [0.29, 0.717) is 17.5 Å². The van der Waals surface area contributed by atoms with E-state index in [9.17, 15) is 13.6 Å². The summed E-state index contributed by atoms with van der Waals surface area (Å²) in [6.07, 6.45) is 3.60. The summed E-state index contributed by atoms with van der Waals surface area (Å²) in [6.45, 7) is 2.05. The van der Waals surface area contributed by atoms with E-state index in [1.165, 1.54) is 28.9 Å². The number of aromatic nitrogens is 5. The monoisotopic (exact) mass is 416 g/mol. The second kappa shape index (κ2) is 7.01. The van der Waals surface area contributed by atoms with Crippen molar-refractivity contribution in [2.75, 3.05) is 23.7 Å². The van der Waals surface area contributed by atoms with Crippen molar-refractivity contribution in [3.05, 3.63) is 35.9 Å². The van der Waals surface area contributed by atoms with Crippen molar-refractivity contribution in [2.24, 2.45) is 12.5 Å². The third-order valence-corrected chi connectivity index (χ3v) is 5.94. The number of nitrogens with zero attached hydrogens (tertiary/aromatic N) is 5. The molecule has 30 heavy (non-hydrogen) atoms. The number of rotatable bonds is 5. The normalized spacial score (nSPS) is 23.3. The Kier molecular flexibility index (Phi) is 4.42. The van der Waals surface area contributed by atoms with Crippen LogP contribution in [0.5, 0.6) is 0 Å². The molecule has 0 radical (unpaired) electrons. The molecule has 3 aromatic heterocycles. The van der Waals surface area contributed by atoms with Crippen LogP contribution >= 0.6 is 0 Å². The molecule has 1 saturated carbocycles. The highest BCUT2D eigenvalue weighted by Crippen LogP contribution is 2.51. The van der Waals surface area contributed by atoms with Crippen LogP contribution in [0.3, 0.4) is 0 Å². The molecule has 1 spiro atoms. The Balaban J connectivity index is 1.36. The van der Waals surface area contributed by atoms with Crippen molar-refractivity contribution in [3.63, 3.8) is 0 Å². The van der Waals surface area contributed by atoms with Crippen molar-refractivity contribution in [3.8, 4) is 0 Å². The number of aryl methyl sites for hydroxylation is 1. The second-order valence-corrected chi connectivity index (χ2v) is 8.04. The molecule has 4 heterocycles. The molecule has 0 aromatic carbocycles. The Morgan fingerprint density at radius 3 is 3.00 bits per heavy atom. The smallest absolute Gasteiger partial charge is 0.284 e. The van der Waals surface area contributed by atoms with Crippen molar-refractivity contribution in [1.29, 1.82) is 0 Å². The molecular formula is C19H22F2N8O. The molecule has 0 bridgehead atoms. The molecule has 1 amide bonds. The van der Waals surface area contributed by atoms with Gasteiger partial charge in [0.1, 0.15) is 5.69 Å². The van der Waals surface area contributed by atoms with E-state index in [1.54, 1.807) is 18.3 Å². The fraction of sp³-hybridized carbons (Fsp3) is 0.474. The van der Waals surface area contributed by atoms with Gasteiger partial charge in [0.2, 0.25) is 5.95 Å². The molecule has 3 aromatic rings. The highest BCUT2D eigenvalue weighted by molar-refractivity contribution is 6.04. The topological polar surface area (TPSA) is 101 Å². The van der Waals surface area contributed by atoms with Gasteiger partial charge in [-0.2, -0.15) is 5.10 Å². The largest absolute Gasteiger partial charge is 0.350 e. The molecule has 2 atom stereocenters. The van der Waals surface area contributed by atoms with Crippen LogP contribution in [-0.2, 0) is 7.05 Å². The number of nitrogens with one attached hydrogen (secondary N) is 3. The fourth-order valence-electron chi connectivity index (χ4n) is 4.26. The zero-order chi connectivity index (χ0) is 20.9. The number of hydrogen-bond acceptors (Lipinski definition) is 6. The first kappa shape index (κ1) is 18.9. The van der Waals surface area contributed by atoms with Crippen molar-refractivity contribution < 1.29 is 13.6 Å². The number of carbonyl (C=O) groups excluding carboxylic acids is 1. The minimum absolute atomic E-state index is 0.0235. The van der Waals surface area contributed by atoms with Crippen molar-refractivity contribution in [1.82, 2.24) is 29.7 Å². The number of piperidine rings is 1. The molecule has 1 aliphatic carbocycles. The van der Waals surface area contributed by atoms with Crippen LogP contribution in [0.15, 0.2) is 24.5 Å². The van der Waals surface area contributed by atoms with Gasteiger partial charge in [0.25, 0.3) is 12.3 Å². The minimum Gasteiger partial charge on any atom is -0.350 e. The van der Waals surface area contributed by atoms with E-state index in [1.807, 2.05) is 0 Å². The highest BCUT2D eigenvalue weighted by atomic mass is 19.3. The van der Waals surface area contributed by atoms with Gasteiger partial charge in [-0.05, 0) is 37.9 Å². The fourth-order valence-corrected chi connectivity index (χ4v) is 4.26. The summed E-state index contributed by atoms with van der Waals surface area (Å²) >= 11 is 0. The highest BCUT2D eigenvalue weighted by Gasteiger charge is 2.54. The average Bonchev–Trinajstić information content (AvgIpc) is 3.05. The van der Waals surface area contributed by atoms with E-state index >= 15 is 0 Å². The van der Waals surface area contributed by atoms with Crippen LogP contribution in [0, 0.1) is 5.41 Å². The quantitative estimate of drug-likeness (QED) is 0.590. The van der Waals surface area contributed by atoms with Crippen molar-refractivity contribution in [2.45, 2.75) is 31.7 Å². The van der Waals surface area contributed by atoms with Crippen LogP contribution in [-0.4, -0.2) is 49.4 Å². The standard InChI is InChI=1S/C19H22F2N8O/c1-28-9-12(15(26-28)16(20)21)24-17(30)13-4-3-11-8-23-18(27-29(11)13)25-14-7-19(14)5-2-6-22-10-19/h3-4,8-9,14,16,22H,2,5-7,10H2,1H3,(H,24,30)(H,25,27). The molecule has 9 nitrogen and oxygen atoms in total. The summed E-state index contributed by atoms with van der Waals surface area (Å²) in [4.78, 5) is 17.1. The molecule has 3 N–H and O–H groups in total. The van der Waals surface area contributed by atoms with E-state index < -0.39 is 18.0 Å². The van der Waals surface area contributed by atoms with Crippen LogP contribution < -0.4 is 16.0 Å². The number of amides is 1. The van der Waals surface area contributed by atoms with Gasteiger partial charge in [0.15, 0.2) is 5.69 Å². The summed E-state index contributed by atoms with van der Waals surface area (Å²) < 4.78 is 29.0. The van der Waals surface area contributed by atoms with E-state index in [0.717, 1.165) is 25.9 Å². The molecule has 2 fully saturated rings. The number of fused-ring (bicyclic) bond motifs is 1. The van der Waals surface area contributed by atoms with Gasteiger partial charge in [-0.1, -0.05) is 0 Å². The molecule has 1 aliphatic heterocycles. The number of anilines is 2. The number of alkyl halides is 2. The maximum absolute atomic E-state index is 13.2. The maximum Gasteiger partial charge on any atom is 0.284 e. The van der Waals surface area contributed by atoms with Gasteiger partial charge in [0.05, 0.1) is 17.4 Å². The first-order valence-corrected chi connectivity index (χ1v) is 9.90. The molecular weight excluding hydrogens is 394 g/mol. The zero-order valence-corrected chi connectivity index (χ0v) is 16.4. The lowest BCUT2D eigenvalue weighted by atomic mass is 9.96. The number of halogens is 2. The van der Waals surface area contributed by atoms with Gasteiger partial charge < -0.3 is 16.0 Å². The Bertz CT molecular complexity index is 1100. The Morgan fingerprint density at radius 2 is 2.23 bits per heavy atom. The third-order valence-electron chi connectivity index (χ3n) is 5.94. The van der Waals surface area contributed by atoms with Crippen LogP contribution in [0.4, 0.5) is 20.4 Å². The van der Waals surface area contributed by atoms with Gasteiger partial charge in [-0.15, -0.1) is 5.10 Å². The third kappa shape index (κ3) is 3.28. The van der Waals surface area contributed by atoms with Crippen molar-refractivity contribution >= 4 is 23.1 Å². The molecule has 2 aliphatic rings. The zero-order valence-electron chi connectivity index (χ0n) is 16.4. The first-order chi connectivity index (χ1) is 14.4. The van der Waals surface area contributed by atoms with E-state index in [-0.39, 0.29) is 16.8 Å². The molecule has 5 rings (SSSR count). The summed E-state index contributed by atoms with van der Waals surface area (Å²) in [6, 6.07) is 3.60. The predicted molar refractivity (Wildman–Crippen MR) is 106 cm³/mol. The second-order valence-electron chi connectivity index (χ2n) is 8.04. The van der Waals surface area contributed by atoms with Crippen LogP contribution in [0.1, 0.15) is 41.9 Å². The summed E-state index contributed by atoms with van der Waals surface area (Å²) in [5, 5.41) is 17.5. The predicted octanol–water partition coefficient (Wildman–Crippen LogP) is 2.21. The Labute approximate surface area is 170 Å². The Hall–Kier alpha value is -3.08. The minimum atomic E-state index is -2.79. The molecule has 1 saturated heterocycles. The molecule has 2 unspecified atom stereocenters. The molecule has 11 heteroatoms. The van der Waals surface area contributed by atoms with Crippen LogP contribution in [0.2, 0.25) is 0 Å². The summed E-state index contributed by atoms with van der Waals surface area (Å²) in [5.74, 6) is -0.108. The van der Waals surface area contributed by atoms with Crippen LogP contribution in [0.25, 0.3) is 5.52 Å². The lowest BCUT2D eigenvalue weighted by molar-refractivity contribution is 0.101. The van der Waals surface area contributed by atoms with Gasteiger partial charge in [-0.25, -0.2) is 18.3 Å². The van der Waals surface area contributed by atoms with Gasteiger partial charge >= 0.3 is 0 Å². The first-order valence-electron chi connectivity index (χ1n) is 9.90. The van der Waals surface area contributed by atoms with Gasteiger partial charge in [0, 0.05) is 31.2 Å². The number of hydrogen-bond donors (Lipinski definition) is 3. The van der Waals surface area contributed by atoms with E-state index in [4.69, 9.17) is 0 Å². The number of carbonyl (C=O) groups is 1. The Morgan fingerprint density at radius 1 is 1.37 bits per heavy atom. The maximum atomic E-state index is 13.2. The SMILES string of the molecule is Cn1cc(NC(=O)c2ccc3cnc(NC4CC45CCCNC5)nn23)c(C(F)F)n1.